The third-order valence-corrected chi connectivity index (χ3v) is 5.69. The molecule has 0 unspecified atom stereocenters. The number of carbonyl (C=O) groups excluding carboxylic acids is 1. The van der Waals surface area contributed by atoms with Gasteiger partial charge in [0.25, 0.3) is 0 Å². The summed E-state index contributed by atoms with van der Waals surface area (Å²) in [6.07, 6.45) is -19.5. The number of hydrogen-bond donors (Lipinski definition) is 8. The zero-order chi connectivity index (χ0) is 26.9. The summed E-state index contributed by atoms with van der Waals surface area (Å²) in [5.74, 6) is -2.74. The number of ether oxygens (including phenoxy) is 3. The van der Waals surface area contributed by atoms with Crippen molar-refractivity contribution < 1.29 is 83.6 Å². The van der Waals surface area contributed by atoms with Crippen LogP contribution in [0.25, 0.3) is 0 Å². The Kier molecular flexibility index (Phi) is 9.48. The van der Waals surface area contributed by atoms with E-state index in [2.05, 4.69) is 13.7 Å². The molecule has 2 saturated heterocycles. The van der Waals surface area contributed by atoms with Gasteiger partial charge in [0.15, 0.2) is 24.8 Å². The molecule has 0 bridgehead atoms. The van der Waals surface area contributed by atoms with E-state index in [-0.39, 0.29) is 0 Å². The summed E-state index contributed by atoms with van der Waals surface area (Å²) >= 11 is 0. The van der Waals surface area contributed by atoms with E-state index in [1.165, 1.54) is 0 Å². The van der Waals surface area contributed by atoms with Crippen molar-refractivity contribution in [1.82, 2.24) is 5.32 Å². The predicted molar refractivity (Wildman–Crippen MR) is 102 cm³/mol. The van der Waals surface area contributed by atoms with E-state index in [1.54, 1.807) is 0 Å². The van der Waals surface area contributed by atoms with Crippen LogP contribution < -0.4 is 5.32 Å². The van der Waals surface area contributed by atoms with E-state index in [0.29, 0.717) is 0 Å². The van der Waals surface area contributed by atoms with Crippen molar-refractivity contribution >= 4 is 32.7 Å². The van der Waals surface area contributed by atoms with Crippen LogP contribution in [-0.2, 0) is 53.0 Å². The lowest BCUT2D eigenvalue weighted by molar-refractivity contribution is -0.331. The van der Waals surface area contributed by atoms with Crippen LogP contribution in [0.2, 0.25) is 0 Å². The summed E-state index contributed by atoms with van der Waals surface area (Å²) in [6.45, 7) is -0.144. The molecule has 8 N–H and O–H groups in total. The molecule has 10 atom stereocenters. The first-order valence-electron chi connectivity index (χ1n) is 9.38. The highest BCUT2D eigenvalue weighted by Gasteiger charge is 2.55. The third-order valence-electron chi connectivity index (χ3n) is 4.76. The number of nitrogens with one attached hydrogen (secondary N) is 1. The molecule has 2 aliphatic rings. The summed E-state index contributed by atoms with van der Waals surface area (Å²) < 4.78 is 85.7. The van der Waals surface area contributed by atoms with Crippen molar-refractivity contribution in [2.24, 2.45) is 0 Å². The quantitative estimate of drug-likeness (QED) is 0.123. The highest BCUT2D eigenvalue weighted by molar-refractivity contribution is 7.81. The normalized spacial score (nSPS) is 38.6. The van der Waals surface area contributed by atoms with Gasteiger partial charge in [0.05, 0.1) is 6.61 Å². The molecule has 1 amide bonds. The summed E-state index contributed by atoms with van der Waals surface area (Å²) in [7, 11) is -10.5. The Labute approximate surface area is 197 Å². The van der Waals surface area contributed by atoms with Gasteiger partial charge in [-0.05, 0) is 0 Å². The Bertz CT molecular complexity index is 985. The Morgan fingerprint density at radius 3 is 1.91 bits per heavy atom. The summed E-state index contributed by atoms with van der Waals surface area (Å²) in [6, 6.07) is -1.81. The number of carbonyl (C=O) groups is 2. The molecular formula is C14H23NO18S2. The third kappa shape index (κ3) is 7.69. The molecule has 0 radical (unpaired) electrons. The van der Waals surface area contributed by atoms with E-state index >= 15 is 0 Å². The number of hydrogen-bond acceptors (Lipinski definition) is 15. The van der Waals surface area contributed by atoms with E-state index in [1.807, 2.05) is 0 Å². The average molecular weight is 557 g/mol. The fourth-order valence-corrected chi connectivity index (χ4v) is 4.43. The molecule has 0 aromatic carbocycles. The summed E-state index contributed by atoms with van der Waals surface area (Å²) in [4.78, 5) is 23.2. The molecule has 0 aliphatic carbocycles. The molecule has 2 rings (SSSR count). The van der Waals surface area contributed by atoms with Crippen LogP contribution in [0.15, 0.2) is 0 Å². The first kappa shape index (κ1) is 29.6. The smallest absolute Gasteiger partial charge is 0.397 e. The van der Waals surface area contributed by atoms with Crippen molar-refractivity contribution in [1.29, 1.82) is 0 Å². The number of rotatable bonds is 9. The standard InChI is InChI=1S/C14H23NO18S2/c1-3(17)15-5-6(18)8(32-34(23,24)25)4(2-16)29-14(5)31-9-7(19)10(33-35(26,27)28)13(22)30-11(9)12(20)21/h4-11,13-14,16,18-19,22H,2H2,1H3,(H,15,17)(H,20,21)(H,23,24,25)(H,26,27,28)/t4-,5-,6-,7+,8+,9+,10-,11-,13+,14+/m1/s1. The number of aliphatic carboxylic acids is 1. The van der Waals surface area contributed by atoms with Crippen molar-refractivity contribution in [3.63, 3.8) is 0 Å². The second-order valence-electron chi connectivity index (χ2n) is 7.30. The largest absolute Gasteiger partial charge is 0.479 e. The number of aliphatic hydroxyl groups is 4. The predicted octanol–water partition coefficient (Wildman–Crippen LogP) is -5.51. The number of carboxylic acids is 1. The van der Waals surface area contributed by atoms with Crippen molar-refractivity contribution in [3.8, 4) is 0 Å². The van der Waals surface area contributed by atoms with Gasteiger partial charge in [-0.3, -0.25) is 13.9 Å². The van der Waals surface area contributed by atoms with Crippen LogP contribution in [0.3, 0.4) is 0 Å². The number of aliphatic hydroxyl groups excluding tert-OH is 4. The van der Waals surface area contributed by atoms with Crippen LogP contribution in [0, 0.1) is 0 Å². The lowest BCUT2D eigenvalue weighted by Gasteiger charge is -2.46. The number of carboxylic acid groups (broad SMARTS) is 1. The minimum absolute atomic E-state index is 0.877. The SMILES string of the molecule is CC(=O)N[C@H]1[C@H](O[C@H]2[C@H](O)[C@@H](OS(=O)(=O)O)[C@@H](O)O[C@H]2C(=O)O)O[C@H](CO)[C@H](OS(=O)(=O)O)[C@@H]1O. The molecule has 2 aliphatic heterocycles. The molecule has 35 heavy (non-hydrogen) atoms. The molecular weight excluding hydrogens is 534 g/mol. The lowest BCUT2D eigenvalue weighted by atomic mass is 9.95. The lowest BCUT2D eigenvalue weighted by Crippen LogP contribution is -2.68. The number of amides is 1. The van der Waals surface area contributed by atoms with Crippen molar-refractivity contribution in [2.45, 2.75) is 68.3 Å². The van der Waals surface area contributed by atoms with Crippen LogP contribution in [0.5, 0.6) is 0 Å². The van der Waals surface area contributed by atoms with Gasteiger partial charge < -0.3 is 45.1 Å². The van der Waals surface area contributed by atoms with E-state index < -0.39 is 101 Å². The topological polar surface area (TPSA) is 302 Å². The van der Waals surface area contributed by atoms with Crippen LogP contribution in [0.1, 0.15) is 6.92 Å². The Balaban J connectivity index is 2.42. The average Bonchev–Trinajstić information content (AvgIpc) is 2.69. The molecule has 21 heteroatoms. The van der Waals surface area contributed by atoms with Gasteiger partial charge in [0, 0.05) is 6.92 Å². The van der Waals surface area contributed by atoms with Crippen LogP contribution >= 0.6 is 0 Å². The molecule has 2 heterocycles. The van der Waals surface area contributed by atoms with Crippen molar-refractivity contribution in [2.75, 3.05) is 6.61 Å². The highest BCUT2D eigenvalue weighted by Crippen LogP contribution is 2.31. The fraction of sp³-hybridized carbons (Fsp3) is 0.857. The van der Waals surface area contributed by atoms with E-state index in [0.717, 1.165) is 6.92 Å². The maximum atomic E-state index is 11.6. The molecule has 19 nitrogen and oxygen atoms in total. The molecule has 0 saturated carbocycles. The molecule has 2 fully saturated rings. The maximum Gasteiger partial charge on any atom is 0.397 e. The first-order valence-corrected chi connectivity index (χ1v) is 12.1. The van der Waals surface area contributed by atoms with Gasteiger partial charge in [-0.2, -0.15) is 16.8 Å². The summed E-state index contributed by atoms with van der Waals surface area (Å²) in [5.41, 5.74) is 0. The Morgan fingerprint density at radius 1 is 0.914 bits per heavy atom. The van der Waals surface area contributed by atoms with Crippen LogP contribution in [-0.4, -0.2) is 131 Å². The molecule has 0 aromatic rings. The van der Waals surface area contributed by atoms with E-state index in [4.69, 9.17) is 23.3 Å². The van der Waals surface area contributed by atoms with Crippen LogP contribution in [0.4, 0.5) is 0 Å². The zero-order valence-electron chi connectivity index (χ0n) is 17.4. The van der Waals surface area contributed by atoms with Gasteiger partial charge in [-0.1, -0.05) is 0 Å². The van der Waals surface area contributed by atoms with Gasteiger partial charge in [-0.15, -0.1) is 0 Å². The van der Waals surface area contributed by atoms with Gasteiger partial charge in [0.2, 0.25) is 5.91 Å². The summed E-state index contributed by atoms with van der Waals surface area (Å²) in [5, 5.41) is 51.8. The first-order chi connectivity index (χ1) is 15.9. The Hall–Kier alpha value is -1.60. The second-order valence-corrected chi connectivity index (χ2v) is 9.39. The Morgan fingerprint density at radius 2 is 1.46 bits per heavy atom. The minimum Gasteiger partial charge on any atom is -0.479 e. The van der Waals surface area contributed by atoms with Gasteiger partial charge in [-0.25, -0.2) is 13.2 Å². The zero-order valence-corrected chi connectivity index (χ0v) is 19.1. The van der Waals surface area contributed by atoms with Crippen molar-refractivity contribution in [3.05, 3.63) is 0 Å². The monoisotopic (exact) mass is 557 g/mol. The van der Waals surface area contributed by atoms with Gasteiger partial charge >= 0.3 is 26.8 Å². The molecule has 204 valence electrons. The fourth-order valence-electron chi connectivity index (χ4n) is 3.42. The second kappa shape index (κ2) is 11.2. The molecule has 0 spiro atoms. The minimum atomic E-state index is -5.32. The van der Waals surface area contributed by atoms with Gasteiger partial charge in [0.1, 0.15) is 36.6 Å². The highest BCUT2D eigenvalue weighted by atomic mass is 32.3. The van der Waals surface area contributed by atoms with E-state index in [9.17, 15) is 52.0 Å². The maximum absolute atomic E-state index is 11.6. The molecule has 0 aromatic heterocycles.